The highest BCUT2D eigenvalue weighted by atomic mass is 19.1. The summed E-state index contributed by atoms with van der Waals surface area (Å²) in [5.74, 6) is 0.157. The first-order valence-corrected chi connectivity index (χ1v) is 7.20. The Kier molecular flexibility index (Phi) is 2.81. The number of benzene rings is 2. The molecule has 0 saturated carbocycles. The van der Waals surface area contributed by atoms with Gasteiger partial charge in [-0.3, -0.25) is 0 Å². The minimum atomic E-state index is -0.224. The minimum absolute atomic E-state index is 0.128. The summed E-state index contributed by atoms with van der Waals surface area (Å²) in [6, 6.07) is 11.7. The van der Waals surface area contributed by atoms with Gasteiger partial charge in [0, 0.05) is 11.6 Å². The summed E-state index contributed by atoms with van der Waals surface area (Å²) in [6.07, 6.45) is 5.28. The van der Waals surface area contributed by atoms with E-state index in [1.165, 1.54) is 18.2 Å². The number of hydrogen-bond acceptors (Lipinski definition) is 1. The van der Waals surface area contributed by atoms with Gasteiger partial charge < -0.3 is 5.32 Å². The van der Waals surface area contributed by atoms with Gasteiger partial charge in [0.05, 0.1) is 6.04 Å². The number of halogens is 2. The van der Waals surface area contributed by atoms with Crippen LogP contribution in [-0.4, -0.2) is 0 Å². The van der Waals surface area contributed by atoms with Gasteiger partial charge in [-0.2, -0.15) is 0 Å². The molecular weight excluding hydrogens is 268 g/mol. The van der Waals surface area contributed by atoms with Crippen LogP contribution in [0.1, 0.15) is 29.5 Å². The van der Waals surface area contributed by atoms with E-state index in [0.717, 1.165) is 23.2 Å². The van der Waals surface area contributed by atoms with Crippen LogP contribution in [0.3, 0.4) is 0 Å². The van der Waals surface area contributed by atoms with E-state index in [-0.39, 0.29) is 23.6 Å². The second kappa shape index (κ2) is 4.69. The van der Waals surface area contributed by atoms with E-state index in [2.05, 4.69) is 17.5 Å². The van der Waals surface area contributed by atoms with E-state index in [1.807, 2.05) is 12.1 Å². The molecule has 4 rings (SSSR count). The summed E-state index contributed by atoms with van der Waals surface area (Å²) >= 11 is 0. The molecule has 0 unspecified atom stereocenters. The quantitative estimate of drug-likeness (QED) is 0.742. The van der Waals surface area contributed by atoms with Gasteiger partial charge in [0.1, 0.15) is 11.6 Å². The minimum Gasteiger partial charge on any atom is -0.378 e. The molecule has 1 nitrogen and oxygen atoms in total. The maximum absolute atomic E-state index is 13.5. The zero-order valence-electron chi connectivity index (χ0n) is 11.4. The molecule has 2 aliphatic rings. The van der Waals surface area contributed by atoms with E-state index in [0.29, 0.717) is 5.92 Å². The zero-order chi connectivity index (χ0) is 14.4. The largest absolute Gasteiger partial charge is 0.378 e. The number of nitrogens with one attached hydrogen (secondary N) is 1. The van der Waals surface area contributed by atoms with Crippen molar-refractivity contribution in [3.63, 3.8) is 0 Å². The fraction of sp³-hybridized carbons (Fsp3) is 0.222. The summed E-state index contributed by atoms with van der Waals surface area (Å²) in [5.41, 5.74) is 3.07. The molecule has 1 aliphatic heterocycles. The lowest BCUT2D eigenvalue weighted by atomic mass is 9.77. The average Bonchev–Trinajstić information content (AvgIpc) is 2.97. The highest BCUT2D eigenvalue weighted by Crippen LogP contribution is 2.49. The van der Waals surface area contributed by atoms with Gasteiger partial charge in [0.15, 0.2) is 0 Å². The Labute approximate surface area is 122 Å². The molecule has 2 aromatic rings. The molecule has 0 bridgehead atoms. The third kappa shape index (κ3) is 2.04. The molecule has 0 radical (unpaired) electrons. The lowest BCUT2D eigenvalue weighted by Gasteiger charge is -2.37. The Balaban J connectivity index is 1.78. The predicted octanol–water partition coefficient (Wildman–Crippen LogP) is 4.79. The van der Waals surface area contributed by atoms with Crippen LogP contribution in [0, 0.1) is 17.6 Å². The lowest BCUT2D eigenvalue weighted by molar-refractivity contribution is 0.423. The van der Waals surface area contributed by atoms with E-state index < -0.39 is 0 Å². The SMILES string of the molecule is Fc1ccc([C@@H]2Nc3ccc(F)cc3[C@H]3C=CC[C@H]32)cc1. The van der Waals surface area contributed by atoms with Gasteiger partial charge in [0.25, 0.3) is 0 Å². The van der Waals surface area contributed by atoms with Crippen LogP contribution in [-0.2, 0) is 0 Å². The summed E-state index contributed by atoms with van der Waals surface area (Å²) in [6.45, 7) is 0. The van der Waals surface area contributed by atoms with E-state index in [9.17, 15) is 8.78 Å². The normalized spacial score (nSPS) is 26.1. The van der Waals surface area contributed by atoms with Crippen molar-refractivity contribution in [2.24, 2.45) is 5.92 Å². The molecule has 0 saturated heterocycles. The van der Waals surface area contributed by atoms with Gasteiger partial charge >= 0.3 is 0 Å². The molecule has 21 heavy (non-hydrogen) atoms. The molecule has 1 heterocycles. The van der Waals surface area contributed by atoms with Crippen molar-refractivity contribution < 1.29 is 8.78 Å². The second-order valence-corrected chi connectivity index (χ2v) is 5.76. The Morgan fingerprint density at radius 1 is 0.952 bits per heavy atom. The third-order valence-corrected chi connectivity index (χ3v) is 4.55. The van der Waals surface area contributed by atoms with Crippen molar-refractivity contribution in [1.29, 1.82) is 0 Å². The first kappa shape index (κ1) is 12.6. The lowest BCUT2D eigenvalue weighted by Crippen LogP contribution is -2.29. The molecule has 0 fully saturated rings. The van der Waals surface area contributed by atoms with Gasteiger partial charge in [-0.15, -0.1) is 0 Å². The standard InChI is InChI=1S/C18H15F2N/c19-12-6-4-11(5-7-12)18-15-3-1-2-14(15)16-10-13(20)8-9-17(16)21-18/h1-2,4-10,14-15,18,21H,3H2/t14-,15+,18-/m0/s1. The molecule has 0 spiro atoms. The van der Waals surface area contributed by atoms with Crippen LogP contribution in [0.4, 0.5) is 14.5 Å². The van der Waals surface area contributed by atoms with Crippen molar-refractivity contribution in [1.82, 2.24) is 0 Å². The number of hydrogen-bond donors (Lipinski definition) is 1. The zero-order valence-corrected chi connectivity index (χ0v) is 11.4. The van der Waals surface area contributed by atoms with Crippen LogP contribution >= 0.6 is 0 Å². The molecule has 0 amide bonds. The van der Waals surface area contributed by atoms with Gasteiger partial charge in [-0.1, -0.05) is 24.3 Å². The predicted molar refractivity (Wildman–Crippen MR) is 79.2 cm³/mol. The summed E-state index contributed by atoms with van der Waals surface area (Å²) in [4.78, 5) is 0. The Morgan fingerprint density at radius 2 is 1.71 bits per heavy atom. The second-order valence-electron chi connectivity index (χ2n) is 5.76. The fourth-order valence-corrected chi connectivity index (χ4v) is 3.57. The first-order valence-electron chi connectivity index (χ1n) is 7.20. The Hall–Kier alpha value is -2.16. The maximum atomic E-state index is 13.5. The molecule has 3 heteroatoms. The monoisotopic (exact) mass is 283 g/mol. The third-order valence-electron chi connectivity index (χ3n) is 4.55. The first-order chi connectivity index (χ1) is 10.2. The van der Waals surface area contributed by atoms with Crippen molar-refractivity contribution in [2.45, 2.75) is 18.4 Å². The van der Waals surface area contributed by atoms with Crippen LogP contribution < -0.4 is 5.32 Å². The van der Waals surface area contributed by atoms with Gasteiger partial charge in [0.2, 0.25) is 0 Å². The van der Waals surface area contributed by atoms with Crippen molar-refractivity contribution >= 4 is 5.69 Å². The topological polar surface area (TPSA) is 12.0 Å². The molecule has 2 aromatic carbocycles. The number of fused-ring (bicyclic) bond motifs is 3. The van der Waals surface area contributed by atoms with Gasteiger partial charge in [-0.05, 0) is 53.8 Å². The van der Waals surface area contributed by atoms with Crippen LogP contribution in [0.5, 0.6) is 0 Å². The average molecular weight is 283 g/mol. The smallest absolute Gasteiger partial charge is 0.123 e. The molecule has 106 valence electrons. The summed E-state index contributed by atoms with van der Waals surface area (Å²) in [7, 11) is 0. The maximum Gasteiger partial charge on any atom is 0.123 e. The van der Waals surface area contributed by atoms with E-state index >= 15 is 0 Å². The molecular formula is C18H15F2N. The van der Waals surface area contributed by atoms with Crippen molar-refractivity contribution in [3.05, 3.63) is 77.4 Å². The molecule has 1 aliphatic carbocycles. The highest BCUT2D eigenvalue weighted by molar-refractivity contribution is 5.59. The number of allylic oxidation sites excluding steroid dienone is 2. The van der Waals surface area contributed by atoms with E-state index in [4.69, 9.17) is 0 Å². The summed E-state index contributed by atoms with van der Waals surface area (Å²) in [5, 5.41) is 3.50. The molecule has 0 aromatic heterocycles. The highest BCUT2D eigenvalue weighted by Gasteiger charge is 2.37. The van der Waals surface area contributed by atoms with Crippen LogP contribution in [0.2, 0.25) is 0 Å². The Morgan fingerprint density at radius 3 is 2.52 bits per heavy atom. The van der Waals surface area contributed by atoms with Crippen LogP contribution in [0.15, 0.2) is 54.6 Å². The van der Waals surface area contributed by atoms with Crippen LogP contribution in [0.25, 0.3) is 0 Å². The van der Waals surface area contributed by atoms with Crippen molar-refractivity contribution in [3.8, 4) is 0 Å². The van der Waals surface area contributed by atoms with Crippen molar-refractivity contribution in [2.75, 3.05) is 5.32 Å². The van der Waals surface area contributed by atoms with Gasteiger partial charge in [-0.25, -0.2) is 8.78 Å². The Bertz CT molecular complexity index is 706. The molecule has 1 N–H and O–H groups in total. The van der Waals surface area contributed by atoms with E-state index in [1.54, 1.807) is 12.1 Å². The summed E-state index contributed by atoms with van der Waals surface area (Å²) < 4.78 is 26.7. The number of rotatable bonds is 1. The fourth-order valence-electron chi connectivity index (χ4n) is 3.57. The molecule has 3 atom stereocenters. The number of anilines is 1.